The topological polar surface area (TPSA) is 38.2 Å². The van der Waals surface area contributed by atoms with Crippen molar-refractivity contribution in [2.75, 3.05) is 26.7 Å². The minimum absolute atomic E-state index is 0.618. The molecule has 0 unspecified atom stereocenters. The summed E-state index contributed by atoms with van der Waals surface area (Å²) >= 11 is 7.38. The average molecular weight is 350 g/mol. The van der Waals surface area contributed by atoms with Gasteiger partial charge in [0.05, 0.1) is 18.3 Å². The Morgan fingerprint density at radius 1 is 1.30 bits per heavy atom. The molecule has 122 valence electrons. The molecule has 0 spiro atoms. The van der Waals surface area contributed by atoms with Crippen LogP contribution in [-0.2, 0) is 6.42 Å². The van der Waals surface area contributed by atoms with Gasteiger partial charge in [0.1, 0.15) is 5.69 Å². The van der Waals surface area contributed by atoms with E-state index in [0.29, 0.717) is 12.5 Å². The van der Waals surface area contributed by atoms with Crippen LogP contribution in [0, 0.1) is 0 Å². The van der Waals surface area contributed by atoms with Gasteiger partial charge in [-0.2, -0.15) is 4.37 Å². The first-order valence-corrected chi connectivity index (χ1v) is 8.91. The molecule has 1 aromatic carbocycles. The maximum Gasteiger partial charge on any atom is 0.253 e. The second kappa shape index (κ2) is 7.90. The van der Waals surface area contributed by atoms with Gasteiger partial charge in [-0.1, -0.05) is 35.9 Å². The van der Waals surface area contributed by atoms with Gasteiger partial charge in [-0.05, 0) is 43.5 Å². The Balaban J connectivity index is 1.54. The van der Waals surface area contributed by atoms with Crippen molar-refractivity contribution >= 4 is 28.9 Å². The summed E-state index contributed by atoms with van der Waals surface area (Å²) in [5.41, 5.74) is 3.28. The summed E-state index contributed by atoms with van der Waals surface area (Å²) in [5, 5.41) is 0.818. The van der Waals surface area contributed by atoms with Crippen molar-refractivity contribution in [3.05, 3.63) is 46.6 Å². The van der Waals surface area contributed by atoms with E-state index in [1.807, 2.05) is 18.2 Å². The Labute approximate surface area is 146 Å². The summed E-state index contributed by atoms with van der Waals surface area (Å²) in [6.07, 6.45) is 5.10. The van der Waals surface area contributed by atoms with Crippen molar-refractivity contribution < 1.29 is 4.74 Å². The van der Waals surface area contributed by atoms with Gasteiger partial charge in [-0.15, -0.1) is 4.37 Å². The lowest BCUT2D eigenvalue weighted by Crippen LogP contribution is -2.25. The lowest BCUT2D eigenvalue weighted by Gasteiger charge is -2.22. The molecular formula is C17H20ClN3OS. The van der Waals surface area contributed by atoms with Gasteiger partial charge in [-0.25, -0.2) is 0 Å². The number of aryl methyl sites for hydroxylation is 1. The van der Waals surface area contributed by atoms with Crippen LogP contribution in [0.25, 0.3) is 5.57 Å². The van der Waals surface area contributed by atoms with Crippen LogP contribution >= 0.6 is 23.3 Å². The van der Waals surface area contributed by atoms with E-state index in [0.717, 1.165) is 48.6 Å². The van der Waals surface area contributed by atoms with Crippen LogP contribution in [0.2, 0.25) is 5.02 Å². The standard InChI is InChI=1S/C17H20ClN3OS/c1-21-10-4-7-14(12-21)16-17(20-23-19-16)22-11-5-8-13-6-2-3-9-15(13)18/h2-3,6-7,9H,4-5,8,10-12H2,1H3. The molecule has 0 saturated carbocycles. The zero-order chi connectivity index (χ0) is 16.1. The second-order valence-corrected chi connectivity index (χ2v) is 6.65. The van der Waals surface area contributed by atoms with E-state index in [2.05, 4.69) is 32.8 Å². The number of aromatic nitrogens is 2. The predicted octanol–water partition coefficient (Wildman–Crippen LogP) is 3.92. The number of ether oxygens (including phenoxy) is 1. The van der Waals surface area contributed by atoms with E-state index in [9.17, 15) is 0 Å². The minimum atomic E-state index is 0.618. The van der Waals surface area contributed by atoms with Gasteiger partial charge < -0.3 is 9.64 Å². The van der Waals surface area contributed by atoms with Crippen molar-refractivity contribution in [3.63, 3.8) is 0 Å². The maximum absolute atomic E-state index is 6.17. The summed E-state index contributed by atoms with van der Waals surface area (Å²) in [6, 6.07) is 7.94. The molecular weight excluding hydrogens is 330 g/mol. The van der Waals surface area contributed by atoms with Crippen molar-refractivity contribution in [3.8, 4) is 5.88 Å². The zero-order valence-electron chi connectivity index (χ0n) is 13.2. The summed E-state index contributed by atoms with van der Waals surface area (Å²) < 4.78 is 14.6. The second-order valence-electron chi connectivity index (χ2n) is 5.72. The first-order chi connectivity index (χ1) is 11.2. The monoisotopic (exact) mass is 349 g/mol. The SMILES string of the molecule is CN1CCC=C(c2nsnc2OCCCc2ccccc2Cl)C1. The van der Waals surface area contributed by atoms with Crippen molar-refractivity contribution in [1.82, 2.24) is 13.6 Å². The van der Waals surface area contributed by atoms with E-state index in [-0.39, 0.29) is 0 Å². The molecule has 23 heavy (non-hydrogen) atoms. The van der Waals surface area contributed by atoms with Crippen LogP contribution in [0.3, 0.4) is 0 Å². The zero-order valence-corrected chi connectivity index (χ0v) is 14.7. The maximum atomic E-state index is 6.17. The van der Waals surface area contributed by atoms with Gasteiger partial charge >= 0.3 is 0 Å². The van der Waals surface area contributed by atoms with Gasteiger partial charge in [0.2, 0.25) is 0 Å². The van der Waals surface area contributed by atoms with Crippen molar-refractivity contribution in [1.29, 1.82) is 0 Å². The van der Waals surface area contributed by atoms with E-state index in [1.54, 1.807) is 0 Å². The van der Waals surface area contributed by atoms with Crippen LogP contribution in [0.4, 0.5) is 0 Å². The summed E-state index contributed by atoms with van der Waals surface area (Å²) in [4.78, 5) is 2.29. The molecule has 1 aromatic heterocycles. The quantitative estimate of drug-likeness (QED) is 0.741. The van der Waals surface area contributed by atoms with Crippen LogP contribution in [0.15, 0.2) is 30.3 Å². The van der Waals surface area contributed by atoms with Crippen molar-refractivity contribution in [2.24, 2.45) is 0 Å². The number of nitrogens with zero attached hydrogens (tertiary/aromatic N) is 3. The van der Waals surface area contributed by atoms with Gasteiger partial charge in [0.15, 0.2) is 0 Å². The Morgan fingerprint density at radius 3 is 3.00 bits per heavy atom. The van der Waals surface area contributed by atoms with E-state index >= 15 is 0 Å². The third-order valence-electron chi connectivity index (χ3n) is 3.89. The van der Waals surface area contributed by atoms with Gasteiger partial charge in [0.25, 0.3) is 5.88 Å². The molecule has 4 nitrogen and oxygen atoms in total. The number of halogens is 1. The van der Waals surface area contributed by atoms with Crippen molar-refractivity contribution in [2.45, 2.75) is 19.3 Å². The summed E-state index contributed by atoms with van der Waals surface area (Å²) in [6.45, 7) is 2.61. The Hall–Kier alpha value is -1.43. The summed E-state index contributed by atoms with van der Waals surface area (Å²) in [5.74, 6) is 0.663. The molecule has 0 amide bonds. The molecule has 0 fully saturated rings. The molecule has 0 bridgehead atoms. The predicted molar refractivity (Wildman–Crippen MR) is 95.3 cm³/mol. The summed E-state index contributed by atoms with van der Waals surface area (Å²) in [7, 11) is 2.12. The highest BCUT2D eigenvalue weighted by atomic mass is 35.5. The van der Waals surface area contributed by atoms with Gasteiger partial charge in [0, 0.05) is 18.1 Å². The molecule has 1 aliphatic rings. The highest BCUT2D eigenvalue weighted by Gasteiger charge is 2.18. The van der Waals surface area contributed by atoms with Crippen LogP contribution in [-0.4, -0.2) is 40.4 Å². The third kappa shape index (κ3) is 4.31. The van der Waals surface area contributed by atoms with Crippen LogP contribution < -0.4 is 4.74 Å². The fourth-order valence-corrected chi connectivity index (χ4v) is 3.43. The normalized spacial score (nSPS) is 15.5. The lowest BCUT2D eigenvalue weighted by molar-refractivity contribution is 0.300. The molecule has 0 aliphatic carbocycles. The number of rotatable bonds is 6. The molecule has 2 aromatic rings. The lowest BCUT2D eigenvalue weighted by atomic mass is 10.1. The molecule has 0 saturated heterocycles. The molecule has 0 N–H and O–H groups in total. The Morgan fingerprint density at radius 2 is 2.17 bits per heavy atom. The van der Waals surface area contributed by atoms with Gasteiger partial charge in [-0.3, -0.25) is 0 Å². The fraction of sp³-hybridized carbons (Fsp3) is 0.412. The number of benzene rings is 1. The highest BCUT2D eigenvalue weighted by molar-refractivity contribution is 6.99. The number of likely N-dealkylation sites (N-methyl/N-ethyl adjacent to an activating group) is 1. The molecule has 6 heteroatoms. The van der Waals surface area contributed by atoms with Crippen LogP contribution in [0.1, 0.15) is 24.1 Å². The first kappa shape index (κ1) is 16.4. The fourth-order valence-electron chi connectivity index (χ4n) is 2.67. The minimum Gasteiger partial charge on any atom is -0.475 e. The molecule has 0 atom stereocenters. The number of hydrogen-bond acceptors (Lipinski definition) is 5. The van der Waals surface area contributed by atoms with E-state index < -0.39 is 0 Å². The average Bonchev–Trinajstić information content (AvgIpc) is 3.01. The van der Waals surface area contributed by atoms with E-state index in [1.165, 1.54) is 17.3 Å². The van der Waals surface area contributed by atoms with E-state index in [4.69, 9.17) is 16.3 Å². The number of hydrogen-bond donors (Lipinski definition) is 0. The van der Waals surface area contributed by atoms with Crippen LogP contribution in [0.5, 0.6) is 5.88 Å². The molecule has 2 heterocycles. The molecule has 1 aliphatic heterocycles. The Bertz CT molecular complexity index is 686. The third-order valence-corrected chi connectivity index (χ3v) is 4.77. The largest absolute Gasteiger partial charge is 0.475 e. The highest BCUT2D eigenvalue weighted by Crippen LogP contribution is 2.27. The first-order valence-electron chi connectivity index (χ1n) is 7.81. The molecule has 3 rings (SSSR count). The Kier molecular flexibility index (Phi) is 5.65. The molecule has 0 radical (unpaired) electrons. The smallest absolute Gasteiger partial charge is 0.253 e.